The summed E-state index contributed by atoms with van der Waals surface area (Å²) in [6, 6.07) is 5.20. The number of aromatic nitrogens is 2. The molecule has 1 aromatic carbocycles. The lowest BCUT2D eigenvalue weighted by atomic mass is 10.1. The van der Waals surface area contributed by atoms with Crippen LogP contribution in [-0.4, -0.2) is 15.3 Å². The van der Waals surface area contributed by atoms with Crippen LogP contribution < -0.4 is 11.1 Å². The molecule has 5 nitrogen and oxygen atoms in total. The van der Waals surface area contributed by atoms with E-state index in [0.29, 0.717) is 22.2 Å². The Labute approximate surface area is 103 Å². The quantitative estimate of drug-likeness (QED) is 0.796. The van der Waals surface area contributed by atoms with Gasteiger partial charge in [0, 0.05) is 22.8 Å². The molecule has 0 bridgehead atoms. The van der Waals surface area contributed by atoms with Gasteiger partial charge < -0.3 is 5.73 Å². The number of nitrogens with one attached hydrogen (secondary N) is 1. The van der Waals surface area contributed by atoms with Gasteiger partial charge >= 0.3 is 0 Å². The van der Waals surface area contributed by atoms with E-state index in [-0.39, 0.29) is 5.91 Å². The fourth-order valence-corrected chi connectivity index (χ4v) is 1.87. The molecule has 0 radical (unpaired) electrons. The molecule has 1 aromatic heterocycles. The summed E-state index contributed by atoms with van der Waals surface area (Å²) < 4.78 is 3.99. The summed E-state index contributed by atoms with van der Waals surface area (Å²) >= 11 is 1.16. The highest BCUT2D eigenvalue weighted by molar-refractivity contribution is 7.09. The average Bonchev–Trinajstić information content (AvgIpc) is 2.68. The number of carbonyl (C=O) groups excluding carboxylic acids is 1. The van der Waals surface area contributed by atoms with E-state index in [4.69, 9.17) is 5.73 Å². The third-order valence-corrected chi connectivity index (χ3v) is 3.01. The zero-order valence-electron chi connectivity index (χ0n) is 9.52. The highest BCUT2D eigenvalue weighted by Gasteiger charge is 2.09. The summed E-state index contributed by atoms with van der Waals surface area (Å²) in [5, 5.41) is 3.17. The minimum atomic E-state index is -0.229. The van der Waals surface area contributed by atoms with Gasteiger partial charge in [-0.15, -0.1) is 0 Å². The van der Waals surface area contributed by atoms with E-state index in [0.717, 1.165) is 17.1 Å². The molecule has 0 atom stereocenters. The van der Waals surface area contributed by atoms with Gasteiger partial charge in [0.05, 0.1) is 0 Å². The number of carbonyl (C=O) groups is 1. The van der Waals surface area contributed by atoms with Crippen LogP contribution in [0.1, 0.15) is 21.7 Å². The number of amides is 1. The Morgan fingerprint density at radius 2 is 2.18 bits per heavy atom. The smallest absolute Gasteiger partial charge is 0.257 e. The molecule has 0 aliphatic carbocycles. The predicted molar refractivity (Wildman–Crippen MR) is 68.2 cm³/mol. The van der Waals surface area contributed by atoms with Crippen LogP contribution in [0.3, 0.4) is 0 Å². The molecule has 6 heteroatoms. The Bertz CT molecular complexity index is 564. The monoisotopic (exact) mass is 248 g/mol. The summed E-state index contributed by atoms with van der Waals surface area (Å²) in [7, 11) is 0. The molecule has 0 aliphatic rings. The van der Waals surface area contributed by atoms with Gasteiger partial charge in [0.1, 0.15) is 5.82 Å². The van der Waals surface area contributed by atoms with Crippen LogP contribution in [0, 0.1) is 13.8 Å². The van der Waals surface area contributed by atoms with E-state index in [1.807, 2.05) is 13.0 Å². The molecule has 1 amide bonds. The van der Waals surface area contributed by atoms with Crippen LogP contribution in [0.5, 0.6) is 0 Å². The van der Waals surface area contributed by atoms with Gasteiger partial charge in [-0.05, 0) is 31.5 Å². The number of anilines is 2. The summed E-state index contributed by atoms with van der Waals surface area (Å²) in [6.45, 7) is 3.67. The number of aryl methyl sites for hydroxylation is 2. The van der Waals surface area contributed by atoms with Crippen LogP contribution in [0.15, 0.2) is 18.2 Å². The summed E-state index contributed by atoms with van der Waals surface area (Å²) in [5.74, 6) is 0.418. The van der Waals surface area contributed by atoms with E-state index >= 15 is 0 Å². The lowest BCUT2D eigenvalue weighted by Crippen LogP contribution is -2.12. The molecule has 88 valence electrons. The average molecular weight is 248 g/mol. The maximum Gasteiger partial charge on any atom is 0.257 e. The molecule has 0 saturated carbocycles. The Kier molecular flexibility index (Phi) is 3.06. The number of nitrogens with two attached hydrogens (primary N) is 1. The normalized spacial score (nSPS) is 10.2. The van der Waals surface area contributed by atoms with Crippen LogP contribution in [0.2, 0.25) is 0 Å². The molecule has 0 unspecified atom stereocenters. The highest BCUT2D eigenvalue weighted by Crippen LogP contribution is 2.16. The first-order valence-electron chi connectivity index (χ1n) is 5.04. The number of hydrogen-bond donors (Lipinski definition) is 2. The number of rotatable bonds is 2. The molecule has 0 saturated heterocycles. The van der Waals surface area contributed by atoms with Crippen molar-refractivity contribution in [3.63, 3.8) is 0 Å². The van der Waals surface area contributed by atoms with Gasteiger partial charge in [0.15, 0.2) is 0 Å². The molecule has 0 fully saturated rings. The van der Waals surface area contributed by atoms with Gasteiger partial charge in [-0.2, -0.15) is 4.37 Å². The van der Waals surface area contributed by atoms with Gasteiger partial charge in [-0.3, -0.25) is 10.1 Å². The second-order valence-corrected chi connectivity index (χ2v) is 4.42. The van der Waals surface area contributed by atoms with Crippen LogP contribution in [0.4, 0.5) is 10.8 Å². The van der Waals surface area contributed by atoms with Crippen molar-refractivity contribution in [2.24, 2.45) is 0 Å². The van der Waals surface area contributed by atoms with Crippen molar-refractivity contribution >= 4 is 28.3 Å². The summed E-state index contributed by atoms with van der Waals surface area (Å²) in [4.78, 5) is 15.9. The molecular formula is C11H12N4OS. The summed E-state index contributed by atoms with van der Waals surface area (Å²) in [6.07, 6.45) is 0. The van der Waals surface area contributed by atoms with Gasteiger partial charge in [-0.25, -0.2) is 4.98 Å². The SMILES string of the molecule is Cc1nsc(NC(=O)c2ccc(C)c(N)c2)n1. The number of nitrogen functional groups attached to an aromatic ring is 1. The minimum absolute atomic E-state index is 0.229. The second kappa shape index (κ2) is 4.50. The first kappa shape index (κ1) is 11.5. The molecule has 17 heavy (non-hydrogen) atoms. The number of benzene rings is 1. The highest BCUT2D eigenvalue weighted by atomic mass is 32.1. The Balaban J connectivity index is 2.17. The Hall–Kier alpha value is -1.95. The maximum absolute atomic E-state index is 11.9. The van der Waals surface area contributed by atoms with E-state index in [2.05, 4.69) is 14.7 Å². The third kappa shape index (κ3) is 2.59. The molecular weight excluding hydrogens is 236 g/mol. The topological polar surface area (TPSA) is 80.9 Å². The lowest BCUT2D eigenvalue weighted by molar-refractivity contribution is 0.102. The van der Waals surface area contributed by atoms with Crippen molar-refractivity contribution in [3.05, 3.63) is 35.2 Å². The first-order valence-corrected chi connectivity index (χ1v) is 5.81. The van der Waals surface area contributed by atoms with Crippen molar-refractivity contribution in [3.8, 4) is 0 Å². The van der Waals surface area contributed by atoms with E-state index in [1.54, 1.807) is 19.1 Å². The van der Waals surface area contributed by atoms with Crippen LogP contribution in [-0.2, 0) is 0 Å². The molecule has 0 spiro atoms. The first-order chi connectivity index (χ1) is 8.06. The lowest BCUT2D eigenvalue weighted by Gasteiger charge is -2.04. The molecule has 1 heterocycles. The van der Waals surface area contributed by atoms with Crippen molar-refractivity contribution in [2.75, 3.05) is 11.1 Å². The van der Waals surface area contributed by atoms with Crippen LogP contribution >= 0.6 is 11.5 Å². The molecule has 0 aliphatic heterocycles. The standard InChI is InChI=1S/C11H12N4OS/c1-6-3-4-8(5-9(6)12)10(16)14-11-13-7(2)15-17-11/h3-5H,12H2,1-2H3,(H,13,14,15,16). The zero-order valence-corrected chi connectivity index (χ0v) is 10.3. The number of nitrogens with zero attached hydrogens (tertiary/aromatic N) is 2. The van der Waals surface area contributed by atoms with Crippen molar-refractivity contribution in [2.45, 2.75) is 13.8 Å². The third-order valence-electron chi connectivity index (χ3n) is 2.29. The maximum atomic E-state index is 11.9. The van der Waals surface area contributed by atoms with Gasteiger partial charge in [-0.1, -0.05) is 6.07 Å². The van der Waals surface area contributed by atoms with E-state index < -0.39 is 0 Å². The van der Waals surface area contributed by atoms with Crippen molar-refractivity contribution < 1.29 is 4.79 Å². The predicted octanol–water partition coefficient (Wildman–Crippen LogP) is 1.99. The zero-order chi connectivity index (χ0) is 12.4. The Morgan fingerprint density at radius 1 is 1.41 bits per heavy atom. The summed E-state index contributed by atoms with van der Waals surface area (Å²) in [5.41, 5.74) is 7.82. The van der Waals surface area contributed by atoms with Crippen molar-refractivity contribution in [1.29, 1.82) is 0 Å². The molecule has 3 N–H and O–H groups in total. The fourth-order valence-electron chi connectivity index (χ4n) is 1.30. The van der Waals surface area contributed by atoms with Crippen molar-refractivity contribution in [1.82, 2.24) is 9.36 Å². The molecule has 2 rings (SSSR count). The van der Waals surface area contributed by atoms with Crippen LogP contribution in [0.25, 0.3) is 0 Å². The van der Waals surface area contributed by atoms with E-state index in [1.165, 1.54) is 0 Å². The minimum Gasteiger partial charge on any atom is -0.398 e. The Morgan fingerprint density at radius 3 is 2.76 bits per heavy atom. The fraction of sp³-hybridized carbons (Fsp3) is 0.182. The van der Waals surface area contributed by atoms with E-state index in [9.17, 15) is 4.79 Å². The molecule has 2 aromatic rings. The van der Waals surface area contributed by atoms with Gasteiger partial charge in [0.2, 0.25) is 5.13 Å². The van der Waals surface area contributed by atoms with Gasteiger partial charge in [0.25, 0.3) is 5.91 Å². The second-order valence-electron chi connectivity index (χ2n) is 3.67. The largest absolute Gasteiger partial charge is 0.398 e. The number of hydrogen-bond acceptors (Lipinski definition) is 5.